The standard InChI is InChI=1S/C16H19NO/c1-13(2)9-10-16(3)12-17(15(16)18)11-14-7-5-4-6-8-14/h4-10H,1,11-12H2,2-3H3. The van der Waals surface area contributed by atoms with Gasteiger partial charge in [-0.05, 0) is 19.4 Å². The minimum absolute atomic E-state index is 0.198. The fraction of sp³-hybridized carbons (Fsp3) is 0.312. The van der Waals surface area contributed by atoms with Crippen LogP contribution < -0.4 is 0 Å². The second kappa shape index (κ2) is 4.81. The van der Waals surface area contributed by atoms with Crippen LogP contribution in [0.5, 0.6) is 0 Å². The first-order chi connectivity index (χ1) is 8.51. The normalized spacial score (nSPS) is 23.2. The molecule has 0 aliphatic carbocycles. The van der Waals surface area contributed by atoms with E-state index in [2.05, 4.69) is 6.58 Å². The summed E-state index contributed by atoms with van der Waals surface area (Å²) in [4.78, 5) is 14.0. The van der Waals surface area contributed by atoms with Gasteiger partial charge in [0.25, 0.3) is 0 Å². The van der Waals surface area contributed by atoms with E-state index in [1.54, 1.807) is 0 Å². The molecule has 0 bridgehead atoms. The van der Waals surface area contributed by atoms with Crippen LogP contribution in [0.15, 0.2) is 54.6 Å². The Bertz CT molecular complexity index is 489. The van der Waals surface area contributed by atoms with E-state index in [4.69, 9.17) is 0 Å². The summed E-state index contributed by atoms with van der Waals surface area (Å²) >= 11 is 0. The maximum absolute atomic E-state index is 12.1. The molecule has 1 amide bonds. The average molecular weight is 241 g/mol. The molecule has 0 aromatic heterocycles. The number of rotatable bonds is 4. The van der Waals surface area contributed by atoms with Gasteiger partial charge in [0.1, 0.15) is 0 Å². The van der Waals surface area contributed by atoms with E-state index in [9.17, 15) is 4.79 Å². The molecular weight excluding hydrogens is 222 g/mol. The van der Waals surface area contributed by atoms with Crippen molar-refractivity contribution in [2.75, 3.05) is 6.54 Å². The summed E-state index contributed by atoms with van der Waals surface area (Å²) in [5.74, 6) is 0.198. The third kappa shape index (κ3) is 2.53. The highest BCUT2D eigenvalue weighted by Crippen LogP contribution is 2.34. The van der Waals surface area contributed by atoms with Gasteiger partial charge in [-0.15, -0.1) is 0 Å². The van der Waals surface area contributed by atoms with E-state index in [1.807, 2.05) is 61.2 Å². The second-order valence-electron chi connectivity index (χ2n) is 5.24. The van der Waals surface area contributed by atoms with Gasteiger partial charge in [0.15, 0.2) is 0 Å². The number of carbonyl (C=O) groups excluding carboxylic acids is 1. The molecule has 1 fully saturated rings. The summed E-state index contributed by atoms with van der Waals surface area (Å²) in [5.41, 5.74) is 1.82. The summed E-state index contributed by atoms with van der Waals surface area (Å²) in [6.45, 7) is 9.22. The lowest BCUT2D eigenvalue weighted by molar-refractivity contribution is -0.154. The highest BCUT2D eigenvalue weighted by Gasteiger charge is 2.45. The highest BCUT2D eigenvalue weighted by molar-refractivity contribution is 5.90. The molecular formula is C16H19NO. The molecule has 2 nitrogen and oxygen atoms in total. The number of allylic oxidation sites excluding steroid dienone is 2. The Labute approximate surface area is 109 Å². The van der Waals surface area contributed by atoms with E-state index >= 15 is 0 Å². The van der Waals surface area contributed by atoms with Crippen molar-refractivity contribution in [1.82, 2.24) is 4.90 Å². The van der Waals surface area contributed by atoms with Crippen molar-refractivity contribution < 1.29 is 4.79 Å². The lowest BCUT2D eigenvalue weighted by atomic mass is 9.80. The van der Waals surface area contributed by atoms with Gasteiger partial charge in [-0.25, -0.2) is 0 Å². The average Bonchev–Trinajstić information content (AvgIpc) is 2.37. The van der Waals surface area contributed by atoms with E-state index in [-0.39, 0.29) is 11.3 Å². The molecule has 0 N–H and O–H groups in total. The van der Waals surface area contributed by atoms with Crippen LogP contribution in [-0.4, -0.2) is 17.4 Å². The van der Waals surface area contributed by atoms with Crippen molar-refractivity contribution in [3.8, 4) is 0 Å². The largest absolute Gasteiger partial charge is 0.336 e. The summed E-state index contributed by atoms with van der Waals surface area (Å²) in [5, 5.41) is 0. The van der Waals surface area contributed by atoms with Crippen LogP contribution in [0.3, 0.4) is 0 Å². The van der Waals surface area contributed by atoms with Crippen LogP contribution in [0, 0.1) is 5.41 Å². The summed E-state index contributed by atoms with van der Waals surface area (Å²) < 4.78 is 0. The molecule has 1 saturated heterocycles. The van der Waals surface area contributed by atoms with Crippen LogP contribution in [-0.2, 0) is 11.3 Å². The van der Waals surface area contributed by atoms with Crippen molar-refractivity contribution >= 4 is 5.91 Å². The quantitative estimate of drug-likeness (QED) is 0.585. The Morgan fingerprint density at radius 1 is 1.44 bits per heavy atom. The SMILES string of the molecule is C=C(C)C=CC1(C)CN(Cc2ccccc2)C1=O. The zero-order valence-electron chi connectivity index (χ0n) is 11.0. The number of hydrogen-bond acceptors (Lipinski definition) is 1. The predicted molar refractivity (Wildman–Crippen MR) is 73.9 cm³/mol. The van der Waals surface area contributed by atoms with Crippen LogP contribution >= 0.6 is 0 Å². The fourth-order valence-corrected chi connectivity index (χ4v) is 2.19. The molecule has 1 aliphatic heterocycles. The third-order valence-electron chi connectivity index (χ3n) is 3.25. The van der Waals surface area contributed by atoms with Gasteiger partial charge in [0, 0.05) is 13.1 Å². The first-order valence-corrected chi connectivity index (χ1v) is 6.19. The molecule has 18 heavy (non-hydrogen) atoms. The van der Waals surface area contributed by atoms with E-state index in [1.165, 1.54) is 5.56 Å². The van der Waals surface area contributed by atoms with E-state index in [0.29, 0.717) is 6.54 Å². The third-order valence-corrected chi connectivity index (χ3v) is 3.25. The molecule has 1 aliphatic rings. The number of benzene rings is 1. The summed E-state index contributed by atoms with van der Waals surface area (Å²) in [7, 11) is 0. The van der Waals surface area contributed by atoms with Gasteiger partial charge in [-0.1, -0.05) is 54.6 Å². The number of hydrogen-bond donors (Lipinski definition) is 0. The topological polar surface area (TPSA) is 20.3 Å². The Kier molecular flexibility index (Phi) is 3.37. The summed E-state index contributed by atoms with van der Waals surface area (Å²) in [6.07, 6.45) is 3.90. The van der Waals surface area contributed by atoms with Gasteiger partial charge in [-0.2, -0.15) is 0 Å². The van der Waals surface area contributed by atoms with Crippen LogP contribution in [0.2, 0.25) is 0 Å². The van der Waals surface area contributed by atoms with E-state index in [0.717, 1.165) is 12.1 Å². The fourth-order valence-electron chi connectivity index (χ4n) is 2.19. The van der Waals surface area contributed by atoms with Crippen LogP contribution in [0.25, 0.3) is 0 Å². The van der Waals surface area contributed by atoms with Gasteiger partial charge in [-0.3, -0.25) is 4.79 Å². The van der Waals surface area contributed by atoms with Crippen molar-refractivity contribution in [2.24, 2.45) is 5.41 Å². The number of nitrogens with zero attached hydrogens (tertiary/aromatic N) is 1. The minimum Gasteiger partial charge on any atom is -0.336 e. The molecule has 1 unspecified atom stereocenters. The molecule has 1 aromatic rings. The zero-order valence-corrected chi connectivity index (χ0v) is 11.0. The Hall–Kier alpha value is -1.83. The van der Waals surface area contributed by atoms with Crippen LogP contribution in [0.4, 0.5) is 0 Å². The maximum Gasteiger partial charge on any atom is 0.234 e. The number of β-lactam (4-membered cyclic amide) rings is 1. The van der Waals surface area contributed by atoms with Crippen molar-refractivity contribution in [3.63, 3.8) is 0 Å². The second-order valence-corrected chi connectivity index (χ2v) is 5.24. The smallest absolute Gasteiger partial charge is 0.234 e. The number of likely N-dealkylation sites (tertiary alicyclic amines) is 1. The molecule has 2 heteroatoms. The number of amides is 1. The Balaban J connectivity index is 1.98. The first kappa shape index (κ1) is 12.6. The summed E-state index contributed by atoms with van der Waals surface area (Å²) in [6, 6.07) is 10.1. The highest BCUT2D eigenvalue weighted by atomic mass is 16.2. The first-order valence-electron chi connectivity index (χ1n) is 6.19. The molecule has 1 aromatic carbocycles. The van der Waals surface area contributed by atoms with Gasteiger partial charge >= 0.3 is 0 Å². The molecule has 0 spiro atoms. The molecule has 94 valence electrons. The maximum atomic E-state index is 12.1. The van der Waals surface area contributed by atoms with Gasteiger partial charge in [0.2, 0.25) is 5.91 Å². The van der Waals surface area contributed by atoms with Crippen molar-refractivity contribution in [1.29, 1.82) is 0 Å². The molecule has 2 rings (SSSR count). The minimum atomic E-state index is -0.340. The predicted octanol–water partition coefficient (Wildman–Crippen LogP) is 3.17. The van der Waals surface area contributed by atoms with Crippen molar-refractivity contribution in [3.05, 3.63) is 60.2 Å². The van der Waals surface area contributed by atoms with Crippen LogP contribution in [0.1, 0.15) is 19.4 Å². The molecule has 1 atom stereocenters. The Morgan fingerprint density at radius 2 is 2.11 bits per heavy atom. The number of carbonyl (C=O) groups is 1. The lowest BCUT2D eigenvalue weighted by Crippen LogP contribution is -2.58. The van der Waals surface area contributed by atoms with Gasteiger partial charge in [0.05, 0.1) is 5.41 Å². The van der Waals surface area contributed by atoms with Crippen molar-refractivity contribution in [2.45, 2.75) is 20.4 Å². The van der Waals surface area contributed by atoms with Gasteiger partial charge < -0.3 is 4.90 Å². The molecule has 1 heterocycles. The zero-order chi connectivity index (χ0) is 13.2. The molecule has 0 saturated carbocycles. The Morgan fingerprint density at radius 3 is 2.67 bits per heavy atom. The monoisotopic (exact) mass is 241 g/mol. The van der Waals surface area contributed by atoms with E-state index < -0.39 is 0 Å². The lowest BCUT2D eigenvalue weighted by Gasteiger charge is -2.45. The molecule has 0 radical (unpaired) electrons.